The lowest BCUT2D eigenvalue weighted by atomic mass is 10.2. The number of halogens is 2. The lowest BCUT2D eigenvalue weighted by Crippen LogP contribution is -2.17. The fourth-order valence-corrected chi connectivity index (χ4v) is 1.99. The van der Waals surface area contributed by atoms with Crippen molar-refractivity contribution in [3.63, 3.8) is 0 Å². The van der Waals surface area contributed by atoms with Gasteiger partial charge in [0, 0.05) is 31.4 Å². The molecule has 0 radical (unpaired) electrons. The molecule has 0 spiro atoms. The van der Waals surface area contributed by atoms with Gasteiger partial charge >= 0.3 is 0 Å². The van der Waals surface area contributed by atoms with Crippen LogP contribution < -0.4 is 5.32 Å². The van der Waals surface area contributed by atoms with Gasteiger partial charge in [0.05, 0.1) is 5.69 Å². The first-order chi connectivity index (χ1) is 9.06. The van der Waals surface area contributed by atoms with Crippen LogP contribution in [0.3, 0.4) is 0 Å². The zero-order valence-corrected chi connectivity index (χ0v) is 11.0. The zero-order chi connectivity index (χ0) is 13.8. The van der Waals surface area contributed by atoms with Crippen molar-refractivity contribution in [2.45, 2.75) is 33.0 Å². The van der Waals surface area contributed by atoms with E-state index < -0.39 is 11.6 Å². The van der Waals surface area contributed by atoms with Gasteiger partial charge in [-0.15, -0.1) is 0 Å². The number of hydrogen-bond donors (Lipinski definition) is 1. The molecule has 0 aliphatic rings. The van der Waals surface area contributed by atoms with E-state index in [2.05, 4.69) is 24.3 Å². The van der Waals surface area contributed by atoms with Crippen molar-refractivity contribution < 1.29 is 8.78 Å². The van der Waals surface area contributed by atoms with Gasteiger partial charge in [-0.05, 0) is 37.6 Å². The number of aromatic nitrogens is 2. The lowest BCUT2D eigenvalue weighted by molar-refractivity contribution is 0.494. The molecule has 3 nitrogen and oxygen atoms in total. The highest BCUT2D eigenvalue weighted by Crippen LogP contribution is 2.10. The highest BCUT2D eigenvalue weighted by atomic mass is 19.1. The Morgan fingerprint density at radius 2 is 1.84 bits per heavy atom. The molecular weight excluding hydrogens is 248 g/mol. The average molecular weight is 265 g/mol. The molecule has 19 heavy (non-hydrogen) atoms. The molecule has 0 aliphatic heterocycles. The van der Waals surface area contributed by atoms with Crippen molar-refractivity contribution in [3.8, 4) is 0 Å². The predicted molar refractivity (Wildman–Crippen MR) is 69.5 cm³/mol. The molecule has 1 aromatic carbocycles. The third-order valence-corrected chi connectivity index (χ3v) is 2.80. The summed E-state index contributed by atoms with van der Waals surface area (Å²) in [5, 5.41) is 7.39. The summed E-state index contributed by atoms with van der Waals surface area (Å²) in [7, 11) is 0. The predicted octanol–water partition coefficient (Wildman–Crippen LogP) is 3.03. The van der Waals surface area contributed by atoms with Gasteiger partial charge in [0.1, 0.15) is 11.6 Å². The Kier molecular flexibility index (Phi) is 4.27. The monoisotopic (exact) mass is 265 g/mol. The molecule has 0 saturated heterocycles. The number of nitrogens with one attached hydrogen (secondary N) is 1. The molecule has 1 N–H and O–H groups in total. The van der Waals surface area contributed by atoms with E-state index in [0.29, 0.717) is 24.7 Å². The highest BCUT2D eigenvalue weighted by Gasteiger charge is 2.05. The van der Waals surface area contributed by atoms with Crippen molar-refractivity contribution in [1.29, 1.82) is 0 Å². The van der Waals surface area contributed by atoms with E-state index in [4.69, 9.17) is 0 Å². The summed E-state index contributed by atoms with van der Waals surface area (Å²) in [6, 6.07) is 5.75. The van der Waals surface area contributed by atoms with E-state index in [1.54, 1.807) is 6.20 Å². The summed E-state index contributed by atoms with van der Waals surface area (Å²) in [6.45, 7) is 5.13. The van der Waals surface area contributed by atoms with E-state index in [-0.39, 0.29) is 0 Å². The smallest absolute Gasteiger partial charge is 0.126 e. The summed E-state index contributed by atoms with van der Waals surface area (Å²) < 4.78 is 27.9. The molecular formula is C14H17F2N3. The van der Waals surface area contributed by atoms with Crippen molar-refractivity contribution in [2.75, 3.05) is 0 Å². The minimum Gasteiger partial charge on any atom is -0.307 e. The molecule has 0 aliphatic carbocycles. The minimum atomic E-state index is -0.552. The van der Waals surface area contributed by atoms with Crippen LogP contribution >= 0.6 is 0 Å². The van der Waals surface area contributed by atoms with Gasteiger partial charge in [0.25, 0.3) is 0 Å². The van der Waals surface area contributed by atoms with E-state index >= 15 is 0 Å². The Balaban J connectivity index is 1.94. The van der Waals surface area contributed by atoms with E-state index in [1.165, 1.54) is 12.1 Å². The SMILES string of the molecule is CC(C)n1nccc1CNCc1cc(F)cc(F)c1. The van der Waals surface area contributed by atoms with Crippen LogP contribution in [0.15, 0.2) is 30.5 Å². The van der Waals surface area contributed by atoms with Crippen molar-refractivity contribution in [1.82, 2.24) is 15.1 Å². The van der Waals surface area contributed by atoms with Gasteiger partial charge < -0.3 is 5.32 Å². The van der Waals surface area contributed by atoms with Crippen LogP contribution in [0, 0.1) is 11.6 Å². The lowest BCUT2D eigenvalue weighted by Gasteiger charge is -2.11. The number of rotatable bonds is 5. The van der Waals surface area contributed by atoms with Crippen LogP contribution in [-0.2, 0) is 13.1 Å². The second-order valence-corrected chi connectivity index (χ2v) is 4.74. The molecule has 0 bridgehead atoms. The summed E-state index contributed by atoms with van der Waals surface area (Å²) in [5.74, 6) is -1.10. The number of hydrogen-bond acceptors (Lipinski definition) is 2. The van der Waals surface area contributed by atoms with Crippen LogP contribution in [0.2, 0.25) is 0 Å². The quantitative estimate of drug-likeness (QED) is 0.900. The average Bonchev–Trinajstić information content (AvgIpc) is 2.76. The minimum absolute atomic E-state index is 0.290. The summed E-state index contributed by atoms with van der Waals surface area (Å²) in [6.07, 6.45) is 1.75. The van der Waals surface area contributed by atoms with Crippen molar-refractivity contribution >= 4 is 0 Å². The summed E-state index contributed by atoms with van der Waals surface area (Å²) >= 11 is 0. The third kappa shape index (κ3) is 3.61. The largest absolute Gasteiger partial charge is 0.307 e. The molecule has 0 saturated carbocycles. The first-order valence-electron chi connectivity index (χ1n) is 6.24. The molecule has 5 heteroatoms. The van der Waals surface area contributed by atoms with Crippen LogP contribution in [-0.4, -0.2) is 9.78 Å². The first-order valence-corrected chi connectivity index (χ1v) is 6.24. The second kappa shape index (κ2) is 5.93. The summed E-state index contributed by atoms with van der Waals surface area (Å²) in [4.78, 5) is 0. The fourth-order valence-electron chi connectivity index (χ4n) is 1.99. The molecule has 0 unspecified atom stereocenters. The first kappa shape index (κ1) is 13.7. The number of nitrogens with zero attached hydrogens (tertiary/aromatic N) is 2. The third-order valence-electron chi connectivity index (χ3n) is 2.80. The molecule has 0 fully saturated rings. The van der Waals surface area contributed by atoms with Crippen LogP contribution in [0.5, 0.6) is 0 Å². The standard InChI is InChI=1S/C14H17F2N3/c1-10(2)19-14(3-4-18-19)9-17-8-11-5-12(15)7-13(16)6-11/h3-7,10,17H,8-9H2,1-2H3. The Labute approximate surface area is 111 Å². The van der Waals surface area contributed by atoms with Gasteiger partial charge in [0.15, 0.2) is 0 Å². The topological polar surface area (TPSA) is 29.9 Å². The van der Waals surface area contributed by atoms with Gasteiger partial charge in [0.2, 0.25) is 0 Å². The Morgan fingerprint density at radius 3 is 2.47 bits per heavy atom. The number of benzene rings is 1. The maximum Gasteiger partial charge on any atom is 0.126 e. The van der Waals surface area contributed by atoms with Crippen LogP contribution in [0.1, 0.15) is 31.1 Å². The Morgan fingerprint density at radius 1 is 1.16 bits per heavy atom. The fraction of sp³-hybridized carbons (Fsp3) is 0.357. The second-order valence-electron chi connectivity index (χ2n) is 4.74. The molecule has 1 heterocycles. The summed E-state index contributed by atoms with van der Waals surface area (Å²) in [5.41, 5.74) is 1.64. The Bertz CT molecular complexity index is 529. The highest BCUT2D eigenvalue weighted by molar-refractivity contribution is 5.17. The van der Waals surface area contributed by atoms with Gasteiger partial charge in [-0.1, -0.05) is 0 Å². The zero-order valence-electron chi connectivity index (χ0n) is 11.0. The normalized spacial score (nSPS) is 11.2. The van der Waals surface area contributed by atoms with Crippen LogP contribution in [0.25, 0.3) is 0 Å². The maximum absolute atomic E-state index is 13.0. The van der Waals surface area contributed by atoms with Crippen LogP contribution in [0.4, 0.5) is 8.78 Å². The molecule has 1 aromatic heterocycles. The maximum atomic E-state index is 13.0. The molecule has 0 amide bonds. The van der Waals surface area contributed by atoms with Gasteiger partial charge in [-0.25, -0.2) is 8.78 Å². The van der Waals surface area contributed by atoms with Gasteiger partial charge in [-0.2, -0.15) is 5.10 Å². The van der Waals surface area contributed by atoms with E-state index in [9.17, 15) is 8.78 Å². The Hall–Kier alpha value is -1.75. The molecule has 2 aromatic rings. The van der Waals surface area contributed by atoms with E-state index in [1.807, 2.05) is 10.7 Å². The van der Waals surface area contributed by atoms with E-state index in [0.717, 1.165) is 11.8 Å². The molecule has 2 rings (SSSR count). The van der Waals surface area contributed by atoms with Gasteiger partial charge in [-0.3, -0.25) is 4.68 Å². The van der Waals surface area contributed by atoms with Crippen molar-refractivity contribution in [2.24, 2.45) is 0 Å². The van der Waals surface area contributed by atoms with Crippen molar-refractivity contribution in [3.05, 3.63) is 53.4 Å². The molecule has 0 atom stereocenters. The molecule has 102 valence electrons.